The number of rotatable bonds is 3. The van der Waals surface area contributed by atoms with Gasteiger partial charge in [0, 0.05) is 39.2 Å². The molecule has 0 unspecified atom stereocenters. The Labute approximate surface area is 129 Å². The molecule has 1 amide bonds. The molecule has 0 radical (unpaired) electrons. The fraction of sp³-hybridized carbons (Fsp3) is 0.438. The summed E-state index contributed by atoms with van der Waals surface area (Å²) >= 11 is 0. The van der Waals surface area contributed by atoms with Crippen molar-refractivity contribution in [3.05, 3.63) is 30.8 Å². The monoisotopic (exact) mass is 300 g/mol. The smallest absolute Gasteiger partial charge is 0.219 e. The van der Waals surface area contributed by atoms with Crippen molar-refractivity contribution in [3.63, 3.8) is 0 Å². The van der Waals surface area contributed by atoms with Gasteiger partial charge in [0.1, 0.15) is 17.8 Å². The highest BCUT2D eigenvalue weighted by atomic mass is 16.3. The van der Waals surface area contributed by atoms with Crippen molar-refractivity contribution in [3.8, 4) is 11.5 Å². The molecule has 6 nitrogen and oxygen atoms in total. The molecule has 0 bridgehead atoms. The Hall–Kier alpha value is -2.37. The summed E-state index contributed by atoms with van der Waals surface area (Å²) in [6.07, 6.45) is 5.12. The standard InChI is InChI=1S/C16H20N4O2/c1-12(21)19(2)13-5-7-20(8-6-13)16-10-14(17-11-18-16)15-4-3-9-22-15/h3-4,9-11,13H,5-8H2,1-2H3. The first kappa shape index (κ1) is 14.6. The Morgan fingerprint density at radius 2 is 2.14 bits per heavy atom. The number of piperidine rings is 1. The highest BCUT2D eigenvalue weighted by Crippen LogP contribution is 2.24. The number of hydrogen-bond acceptors (Lipinski definition) is 5. The molecule has 2 aromatic heterocycles. The average molecular weight is 300 g/mol. The van der Waals surface area contributed by atoms with Gasteiger partial charge in [-0.1, -0.05) is 0 Å². The van der Waals surface area contributed by atoms with E-state index in [0.717, 1.165) is 43.2 Å². The van der Waals surface area contributed by atoms with E-state index in [0.29, 0.717) is 6.04 Å². The van der Waals surface area contributed by atoms with Gasteiger partial charge in [-0.2, -0.15) is 0 Å². The van der Waals surface area contributed by atoms with Crippen molar-refractivity contribution in [1.29, 1.82) is 0 Å². The molecule has 0 aromatic carbocycles. The van der Waals surface area contributed by atoms with Crippen LogP contribution in [0.4, 0.5) is 5.82 Å². The third-order valence-corrected chi connectivity index (χ3v) is 4.26. The number of anilines is 1. The van der Waals surface area contributed by atoms with Crippen LogP contribution in [0.1, 0.15) is 19.8 Å². The summed E-state index contributed by atoms with van der Waals surface area (Å²) in [6.45, 7) is 3.39. The molecule has 0 saturated carbocycles. The van der Waals surface area contributed by atoms with E-state index in [-0.39, 0.29) is 5.91 Å². The van der Waals surface area contributed by atoms with E-state index in [1.807, 2.05) is 30.1 Å². The van der Waals surface area contributed by atoms with E-state index in [1.165, 1.54) is 0 Å². The average Bonchev–Trinajstić information content (AvgIpc) is 3.09. The van der Waals surface area contributed by atoms with Gasteiger partial charge in [-0.15, -0.1) is 0 Å². The number of carbonyl (C=O) groups excluding carboxylic acids is 1. The van der Waals surface area contributed by atoms with Crippen LogP contribution >= 0.6 is 0 Å². The van der Waals surface area contributed by atoms with E-state index in [1.54, 1.807) is 19.5 Å². The minimum absolute atomic E-state index is 0.126. The molecular weight excluding hydrogens is 280 g/mol. The van der Waals surface area contributed by atoms with Gasteiger partial charge in [0.2, 0.25) is 5.91 Å². The molecule has 0 spiro atoms. The van der Waals surface area contributed by atoms with Gasteiger partial charge < -0.3 is 14.2 Å². The highest BCUT2D eigenvalue weighted by Gasteiger charge is 2.24. The summed E-state index contributed by atoms with van der Waals surface area (Å²) in [4.78, 5) is 24.2. The van der Waals surface area contributed by atoms with Gasteiger partial charge in [0.25, 0.3) is 0 Å². The van der Waals surface area contributed by atoms with Crippen LogP contribution in [-0.4, -0.2) is 47.0 Å². The van der Waals surface area contributed by atoms with Gasteiger partial charge in [-0.05, 0) is 25.0 Å². The number of amides is 1. The summed E-state index contributed by atoms with van der Waals surface area (Å²) in [5.74, 6) is 1.78. The van der Waals surface area contributed by atoms with Crippen molar-refractivity contribution in [2.24, 2.45) is 0 Å². The predicted molar refractivity (Wildman–Crippen MR) is 83.4 cm³/mol. The summed E-state index contributed by atoms with van der Waals surface area (Å²) in [7, 11) is 1.88. The SMILES string of the molecule is CC(=O)N(C)C1CCN(c2cc(-c3ccco3)ncn2)CC1. The Morgan fingerprint density at radius 1 is 1.36 bits per heavy atom. The first-order valence-corrected chi connectivity index (χ1v) is 7.49. The van der Waals surface area contributed by atoms with Gasteiger partial charge in [0.15, 0.2) is 5.76 Å². The highest BCUT2D eigenvalue weighted by molar-refractivity contribution is 5.73. The zero-order valence-electron chi connectivity index (χ0n) is 12.9. The molecule has 0 atom stereocenters. The molecule has 3 rings (SSSR count). The van der Waals surface area contributed by atoms with Crippen molar-refractivity contribution in [2.75, 3.05) is 25.0 Å². The fourth-order valence-corrected chi connectivity index (χ4v) is 2.82. The number of carbonyl (C=O) groups is 1. The van der Waals surface area contributed by atoms with Gasteiger partial charge in [-0.3, -0.25) is 4.79 Å². The summed E-state index contributed by atoms with van der Waals surface area (Å²) < 4.78 is 5.38. The molecule has 1 fully saturated rings. The Bertz CT molecular complexity index is 633. The molecule has 1 aliphatic heterocycles. The predicted octanol–water partition coefficient (Wildman–Crippen LogP) is 2.18. The zero-order chi connectivity index (χ0) is 15.5. The Kier molecular flexibility index (Phi) is 4.09. The maximum Gasteiger partial charge on any atom is 0.219 e. The third-order valence-electron chi connectivity index (χ3n) is 4.26. The number of hydrogen-bond donors (Lipinski definition) is 0. The molecule has 6 heteroatoms. The van der Waals surface area contributed by atoms with Crippen LogP contribution in [0.15, 0.2) is 35.2 Å². The lowest BCUT2D eigenvalue weighted by Gasteiger charge is -2.36. The zero-order valence-corrected chi connectivity index (χ0v) is 12.9. The maximum absolute atomic E-state index is 11.5. The van der Waals surface area contributed by atoms with Crippen molar-refractivity contribution >= 4 is 11.7 Å². The quantitative estimate of drug-likeness (QED) is 0.869. The van der Waals surface area contributed by atoms with Gasteiger partial charge in [0.05, 0.1) is 6.26 Å². The van der Waals surface area contributed by atoms with Crippen LogP contribution in [0.2, 0.25) is 0 Å². The largest absolute Gasteiger partial charge is 0.463 e. The third kappa shape index (κ3) is 2.95. The van der Waals surface area contributed by atoms with Crippen LogP contribution in [0.3, 0.4) is 0 Å². The van der Waals surface area contributed by atoms with E-state index < -0.39 is 0 Å². The summed E-state index contributed by atoms with van der Waals surface area (Å²) in [6, 6.07) is 6.01. The van der Waals surface area contributed by atoms with E-state index in [2.05, 4.69) is 14.9 Å². The van der Waals surface area contributed by atoms with Crippen molar-refractivity contribution in [2.45, 2.75) is 25.8 Å². The molecule has 0 aliphatic carbocycles. The van der Waals surface area contributed by atoms with Crippen LogP contribution in [-0.2, 0) is 4.79 Å². The summed E-state index contributed by atoms with van der Waals surface area (Å²) in [5, 5.41) is 0. The van der Waals surface area contributed by atoms with Gasteiger partial charge in [-0.25, -0.2) is 9.97 Å². The molecular formula is C16H20N4O2. The van der Waals surface area contributed by atoms with Gasteiger partial charge >= 0.3 is 0 Å². The topological polar surface area (TPSA) is 62.5 Å². The molecule has 22 heavy (non-hydrogen) atoms. The summed E-state index contributed by atoms with van der Waals surface area (Å²) in [5.41, 5.74) is 0.790. The first-order chi connectivity index (χ1) is 10.6. The van der Waals surface area contributed by atoms with E-state index in [9.17, 15) is 4.79 Å². The number of furan rings is 1. The van der Waals surface area contributed by atoms with E-state index in [4.69, 9.17) is 4.42 Å². The molecule has 116 valence electrons. The lowest BCUT2D eigenvalue weighted by atomic mass is 10.0. The van der Waals surface area contributed by atoms with E-state index >= 15 is 0 Å². The normalized spacial score (nSPS) is 15.8. The lowest BCUT2D eigenvalue weighted by Crippen LogP contribution is -2.45. The van der Waals surface area contributed by atoms with Crippen LogP contribution in [0.5, 0.6) is 0 Å². The minimum Gasteiger partial charge on any atom is -0.463 e. The van der Waals surface area contributed by atoms with Crippen LogP contribution in [0.25, 0.3) is 11.5 Å². The van der Waals surface area contributed by atoms with Crippen molar-refractivity contribution in [1.82, 2.24) is 14.9 Å². The second-order valence-electron chi connectivity index (χ2n) is 5.59. The molecule has 1 aliphatic rings. The second kappa shape index (κ2) is 6.17. The Balaban J connectivity index is 1.69. The molecule has 3 heterocycles. The minimum atomic E-state index is 0.126. The maximum atomic E-state index is 11.5. The van der Waals surface area contributed by atoms with Crippen molar-refractivity contribution < 1.29 is 9.21 Å². The van der Waals surface area contributed by atoms with Crippen LogP contribution < -0.4 is 4.90 Å². The number of nitrogens with zero attached hydrogens (tertiary/aromatic N) is 4. The first-order valence-electron chi connectivity index (χ1n) is 7.49. The Morgan fingerprint density at radius 3 is 2.77 bits per heavy atom. The molecule has 1 saturated heterocycles. The second-order valence-corrected chi connectivity index (χ2v) is 5.59. The van der Waals surface area contributed by atoms with Crippen LogP contribution in [0, 0.1) is 0 Å². The lowest BCUT2D eigenvalue weighted by molar-refractivity contribution is -0.129. The molecule has 0 N–H and O–H groups in total. The molecule has 2 aromatic rings. The number of aromatic nitrogens is 2. The fourth-order valence-electron chi connectivity index (χ4n) is 2.82.